The highest BCUT2D eigenvalue weighted by atomic mass is 35.5. The molecule has 116 valence electrons. The molecule has 0 fully saturated rings. The Labute approximate surface area is 145 Å². The zero-order valence-electron chi connectivity index (χ0n) is 12.9. The van der Waals surface area contributed by atoms with E-state index < -0.39 is 0 Å². The van der Waals surface area contributed by atoms with E-state index in [0.29, 0.717) is 0 Å². The fourth-order valence-electron chi connectivity index (χ4n) is 3.13. The van der Waals surface area contributed by atoms with E-state index in [1.54, 1.807) is 11.3 Å². The molecule has 0 amide bonds. The molecule has 1 aromatic heterocycles. The minimum absolute atomic E-state index is 0.184. The van der Waals surface area contributed by atoms with Crippen LogP contribution < -0.4 is 4.74 Å². The summed E-state index contributed by atoms with van der Waals surface area (Å²) >= 11 is 8.01. The van der Waals surface area contributed by atoms with Gasteiger partial charge in [0.1, 0.15) is 11.9 Å². The lowest BCUT2D eigenvalue weighted by Crippen LogP contribution is -2.16. The highest BCUT2D eigenvalue weighted by Crippen LogP contribution is 2.42. The highest BCUT2D eigenvalue weighted by molar-refractivity contribution is 7.08. The van der Waals surface area contributed by atoms with Crippen molar-refractivity contribution < 1.29 is 4.74 Å². The number of hydrogen-bond donors (Lipinski definition) is 0. The molecule has 0 saturated carbocycles. The molecule has 0 bridgehead atoms. The Morgan fingerprint density at radius 1 is 1.17 bits per heavy atom. The summed E-state index contributed by atoms with van der Waals surface area (Å²) in [7, 11) is 0. The first-order chi connectivity index (χ1) is 11.2. The van der Waals surface area contributed by atoms with Crippen LogP contribution in [0.2, 0.25) is 5.02 Å². The van der Waals surface area contributed by atoms with Crippen molar-refractivity contribution in [2.45, 2.75) is 25.9 Å². The first-order valence-corrected chi connectivity index (χ1v) is 9.08. The van der Waals surface area contributed by atoms with Crippen molar-refractivity contribution in [1.29, 1.82) is 0 Å². The van der Waals surface area contributed by atoms with Gasteiger partial charge in [0.15, 0.2) is 0 Å². The predicted molar refractivity (Wildman–Crippen MR) is 97.8 cm³/mol. The average Bonchev–Trinajstić information content (AvgIpc) is 3.18. The molecule has 1 aliphatic heterocycles. The van der Waals surface area contributed by atoms with Crippen LogP contribution >= 0.6 is 22.9 Å². The molecular formula is C20H17ClOS. The summed E-state index contributed by atoms with van der Waals surface area (Å²) < 4.78 is 6.30. The number of ether oxygens (including phenoxy) is 1. The van der Waals surface area contributed by atoms with Crippen molar-refractivity contribution in [3.8, 4) is 16.9 Å². The lowest BCUT2D eigenvalue weighted by molar-refractivity contribution is 0.234. The van der Waals surface area contributed by atoms with Gasteiger partial charge in [0.2, 0.25) is 0 Å². The van der Waals surface area contributed by atoms with E-state index in [0.717, 1.165) is 29.2 Å². The van der Waals surface area contributed by atoms with Crippen LogP contribution in [-0.2, 0) is 12.8 Å². The maximum atomic E-state index is 6.32. The third kappa shape index (κ3) is 3.01. The average molecular weight is 341 g/mol. The number of fused-ring (bicyclic) bond motifs is 1. The third-order valence-electron chi connectivity index (χ3n) is 4.28. The molecule has 0 saturated heterocycles. The molecule has 2 aromatic carbocycles. The summed E-state index contributed by atoms with van der Waals surface area (Å²) in [4.78, 5) is 0. The van der Waals surface area contributed by atoms with Crippen LogP contribution in [0.1, 0.15) is 16.7 Å². The quantitative estimate of drug-likeness (QED) is 0.574. The fourth-order valence-corrected chi connectivity index (χ4v) is 4.02. The predicted octanol–water partition coefficient (Wildman–Crippen LogP) is 5.92. The van der Waals surface area contributed by atoms with Gasteiger partial charge in [-0.15, -0.1) is 0 Å². The van der Waals surface area contributed by atoms with E-state index in [-0.39, 0.29) is 6.10 Å². The fraction of sp³-hybridized carbons (Fsp3) is 0.200. The summed E-state index contributed by atoms with van der Waals surface area (Å²) in [5, 5.41) is 5.01. The molecule has 1 aliphatic rings. The van der Waals surface area contributed by atoms with Gasteiger partial charge in [0, 0.05) is 23.4 Å². The normalized spacial score (nSPS) is 16.2. The van der Waals surface area contributed by atoms with Gasteiger partial charge in [-0.25, -0.2) is 0 Å². The Morgan fingerprint density at radius 3 is 2.74 bits per heavy atom. The maximum Gasteiger partial charge on any atom is 0.131 e. The van der Waals surface area contributed by atoms with E-state index in [9.17, 15) is 0 Å². The van der Waals surface area contributed by atoms with Crippen molar-refractivity contribution in [3.63, 3.8) is 0 Å². The van der Waals surface area contributed by atoms with E-state index >= 15 is 0 Å². The zero-order chi connectivity index (χ0) is 15.8. The molecule has 1 atom stereocenters. The minimum atomic E-state index is 0.184. The van der Waals surface area contributed by atoms with Gasteiger partial charge in [-0.05, 0) is 52.6 Å². The van der Waals surface area contributed by atoms with Crippen LogP contribution in [0.4, 0.5) is 0 Å². The van der Waals surface area contributed by atoms with E-state index in [4.69, 9.17) is 16.3 Å². The first kappa shape index (κ1) is 14.8. The first-order valence-electron chi connectivity index (χ1n) is 7.76. The second-order valence-corrected chi connectivity index (χ2v) is 7.30. The van der Waals surface area contributed by atoms with E-state index in [1.807, 2.05) is 12.1 Å². The molecule has 0 aliphatic carbocycles. The number of benzene rings is 2. The Morgan fingerprint density at radius 2 is 2.00 bits per heavy atom. The van der Waals surface area contributed by atoms with Crippen LogP contribution in [0.3, 0.4) is 0 Å². The van der Waals surface area contributed by atoms with Gasteiger partial charge in [-0.3, -0.25) is 0 Å². The summed E-state index contributed by atoms with van der Waals surface area (Å²) in [6.07, 6.45) is 2.03. The maximum absolute atomic E-state index is 6.32. The lowest BCUT2D eigenvalue weighted by Gasteiger charge is -2.12. The van der Waals surface area contributed by atoms with Gasteiger partial charge < -0.3 is 4.74 Å². The minimum Gasteiger partial charge on any atom is -0.489 e. The summed E-state index contributed by atoms with van der Waals surface area (Å²) in [5.41, 5.74) is 6.12. The molecule has 0 radical (unpaired) electrons. The molecule has 23 heavy (non-hydrogen) atoms. The van der Waals surface area contributed by atoms with Crippen molar-refractivity contribution in [3.05, 3.63) is 74.9 Å². The summed E-state index contributed by atoms with van der Waals surface area (Å²) in [6.45, 7) is 2.11. The standard InChI is InChI=1S/C20H17ClOS/c1-13-2-4-14(5-3-13)8-18-10-16-9-17(21)11-19(20(16)22-18)15-6-7-23-12-15/h2-7,9,11-12,18H,8,10H2,1H3. The largest absolute Gasteiger partial charge is 0.489 e. The number of aryl methyl sites for hydroxylation is 1. The van der Waals surface area contributed by atoms with Crippen LogP contribution in [0.5, 0.6) is 5.75 Å². The Bertz CT molecular complexity index is 822. The number of rotatable bonds is 3. The Hall–Kier alpha value is -1.77. The molecule has 0 N–H and O–H groups in total. The molecule has 2 heterocycles. The SMILES string of the molecule is Cc1ccc(CC2Cc3cc(Cl)cc(-c4ccsc4)c3O2)cc1. The smallest absolute Gasteiger partial charge is 0.131 e. The van der Waals surface area contributed by atoms with Gasteiger partial charge in [-0.2, -0.15) is 11.3 Å². The molecule has 3 heteroatoms. The van der Waals surface area contributed by atoms with Crippen molar-refractivity contribution in [2.75, 3.05) is 0 Å². The molecule has 0 spiro atoms. The topological polar surface area (TPSA) is 9.23 Å². The highest BCUT2D eigenvalue weighted by Gasteiger charge is 2.26. The van der Waals surface area contributed by atoms with Gasteiger partial charge in [0.05, 0.1) is 0 Å². The molecule has 4 rings (SSSR count). The van der Waals surface area contributed by atoms with Gasteiger partial charge in [0.25, 0.3) is 0 Å². The zero-order valence-corrected chi connectivity index (χ0v) is 14.5. The number of hydrogen-bond acceptors (Lipinski definition) is 2. The summed E-state index contributed by atoms with van der Waals surface area (Å²) in [5.74, 6) is 1.00. The Balaban J connectivity index is 1.62. The van der Waals surface area contributed by atoms with Gasteiger partial charge in [-0.1, -0.05) is 41.4 Å². The van der Waals surface area contributed by atoms with Crippen molar-refractivity contribution in [1.82, 2.24) is 0 Å². The van der Waals surface area contributed by atoms with Crippen LogP contribution in [0.25, 0.3) is 11.1 Å². The third-order valence-corrected chi connectivity index (χ3v) is 5.18. The second-order valence-electron chi connectivity index (χ2n) is 6.09. The molecular weight excluding hydrogens is 324 g/mol. The second kappa shape index (κ2) is 6.03. The Kier molecular flexibility index (Phi) is 3.88. The molecule has 1 nitrogen and oxygen atoms in total. The van der Waals surface area contributed by atoms with Crippen LogP contribution in [0, 0.1) is 6.92 Å². The molecule has 1 unspecified atom stereocenters. The van der Waals surface area contributed by atoms with Crippen LogP contribution in [-0.4, -0.2) is 6.10 Å². The monoisotopic (exact) mass is 340 g/mol. The number of thiophene rings is 1. The number of halogens is 1. The van der Waals surface area contributed by atoms with Gasteiger partial charge >= 0.3 is 0 Å². The summed E-state index contributed by atoms with van der Waals surface area (Å²) in [6, 6.07) is 14.9. The molecule has 3 aromatic rings. The van der Waals surface area contributed by atoms with Crippen molar-refractivity contribution >= 4 is 22.9 Å². The van der Waals surface area contributed by atoms with Crippen molar-refractivity contribution in [2.24, 2.45) is 0 Å². The lowest BCUT2D eigenvalue weighted by atomic mass is 10.00. The van der Waals surface area contributed by atoms with Crippen LogP contribution in [0.15, 0.2) is 53.2 Å². The van der Waals surface area contributed by atoms with E-state index in [1.165, 1.54) is 22.3 Å². The van der Waals surface area contributed by atoms with E-state index in [2.05, 4.69) is 48.0 Å².